The summed E-state index contributed by atoms with van der Waals surface area (Å²) in [4.78, 5) is 8.91. The summed E-state index contributed by atoms with van der Waals surface area (Å²) in [5, 5.41) is 6.40. The maximum atomic E-state index is 4.56. The van der Waals surface area contributed by atoms with Crippen molar-refractivity contribution >= 4 is 16.5 Å². The lowest BCUT2D eigenvalue weighted by Gasteiger charge is -2.04. The highest BCUT2D eigenvalue weighted by Crippen LogP contribution is 2.23. The SMILES string of the molecule is Cc1ccnc(-c2csc(NCCC(C)C)n2)c1. The Hall–Kier alpha value is -1.42. The molecule has 18 heavy (non-hydrogen) atoms. The number of aromatic nitrogens is 2. The maximum absolute atomic E-state index is 4.56. The summed E-state index contributed by atoms with van der Waals surface area (Å²) in [5.41, 5.74) is 3.11. The summed E-state index contributed by atoms with van der Waals surface area (Å²) in [6.07, 6.45) is 2.99. The second-order valence-corrected chi connectivity index (χ2v) is 5.72. The number of hydrogen-bond acceptors (Lipinski definition) is 4. The lowest BCUT2D eigenvalue weighted by Crippen LogP contribution is -2.04. The molecule has 0 aliphatic carbocycles. The Balaban J connectivity index is 2.02. The van der Waals surface area contributed by atoms with Crippen LogP contribution in [-0.4, -0.2) is 16.5 Å². The smallest absolute Gasteiger partial charge is 0.183 e. The van der Waals surface area contributed by atoms with Crippen LogP contribution in [0.2, 0.25) is 0 Å². The van der Waals surface area contributed by atoms with Crippen molar-refractivity contribution in [2.75, 3.05) is 11.9 Å². The predicted molar refractivity (Wildman–Crippen MR) is 78.0 cm³/mol. The van der Waals surface area contributed by atoms with Gasteiger partial charge in [0.15, 0.2) is 5.13 Å². The zero-order valence-electron chi connectivity index (χ0n) is 11.1. The first-order valence-electron chi connectivity index (χ1n) is 6.27. The summed E-state index contributed by atoms with van der Waals surface area (Å²) in [7, 11) is 0. The minimum absolute atomic E-state index is 0.718. The van der Waals surface area contributed by atoms with Crippen LogP contribution in [-0.2, 0) is 0 Å². The van der Waals surface area contributed by atoms with E-state index in [2.05, 4.69) is 47.5 Å². The number of nitrogens with zero attached hydrogens (tertiary/aromatic N) is 2. The standard InChI is InChI=1S/C14H19N3S/c1-10(2)4-6-16-14-17-13(9-18-14)12-8-11(3)5-7-15-12/h5,7-10H,4,6H2,1-3H3,(H,16,17). The van der Waals surface area contributed by atoms with Crippen molar-refractivity contribution < 1.29 is 0 Å². The van der Waals surface area contributed by atoms with Crippen LogP contribution in [0, 0.1) is 12.8 Å². The van der Waals surface area contributed by atoms with Crippen molar-refractivity contribution in [3.63, 3.8) is 0 Å². The summed E-state index contributed by atoms with van der Waals surface area (Å²) < 4.78 is 0. The van der Waals surface area contributed by atoms with E-state index < -0.39 is 0 Å². The summed E-state index contributed by atoms with van der Waals surface area (Å²) in [5.74, 6) is 0.718. The quantitative estimate of drug-likeness (QED) is 0.885. The van der Waals surface area contributed by atoms with Crippen molar-refractivity contribution in [1.29, 1.82) is 0 Å². The minimum Gasteiger partial charge on any atom is -0.361 e. The summed E-state index contributed by atoms with van der Waals surface area (Å²) >= 11 is 1.64. The molecule has 2 aromatic rings. The van der Waals surface area contributed by atoms with Gasteiger partial charge in [-0.2, -0.15) is 0 Å². The zero-order chi connectivity index (χ0) is 13.0. The van der Waals surface area contributed by atoms with Crippen molar-refractivity contribution in [3.05, 3.63) is 29.3 Å². The lowest BCUT2D eigenvalue weighted by molar-refractivity contribution is 0.607. The van der Waals surface area contributed by atoms with Crippen LogP contribution in [0.3, 0.4) is 0 Å². The molecule has 2 rings (SSSR count). The molecule has 0 bridgehead atoms. The summed E-state index contributed by atoms with van der Waals surface area (Å²) in [6, 6.07) is 4.06. The van der Waals surface area contributed by atoms with E-state index in [4.69, 9.17) is 0 Å². The zero-order valence-corrected chi connectivity index (χ0v) is 11.9. The topological polar surface area (TPSA) is 37.8 Å². The third-order valence-electron chi connectivity index (χ3n) is 2.68. The molecule has 0 aliphatic heterocycles. The number of aryl methyl sites for hydroxylation is 1. The fourth-order valence-corrected chi connectivity index (χ4v) is 2.35. The van der Waals surface area contributed by atoms with E-state index in [1.807, 2.05) is 12.3 Å². The van der Waals surface area contributed by atoms with E-state index in [1.54, 1.807) is 11.3 Å². The minimum atomic E-state index is 0.718. The van der Waals surface area contributed by atoms with Crippen LogP contribution in [0.4, 0.5) is 5.13 Å². The van der Waals surface area contributed by atoms with Crippen LogP contribution in [0.25, 0.3) is 11.4 Å². The van der Waals surface area contributed by atoms with Gasteiger partial charge in [-0.3, -0.25) is 4.98 Å². The molecular weight excluding hydrogens is 242 g/mol. The second kappa shape index (κ2) is 5.96. The molecule has 2 heterocycles. The van der Waals surface area contributed by atoms with Crippen molar-refractivity contribution in [2.24, 2.45) is 5.92 Å². The van der Waals surface area contributed by atoms with E-state index in [0.29, 0.717) is 0 Å². The first kappa shape index (κ1) is 13.0. The molecule has 0 saturated heterocycles. The molecule has 0 saturated carbocycles. The Morgan fingerprint density at radius 2 is 2.17 bits per heavy atom. The first-order valence-corrected chi connectivity index (χ1v) is 7.15. The number of anilines is 1. The van der Waals surface area contributed by atoms with E-state index >= 15 is 0 Å². The molecule has 0 atom stereocenters. The monoisotopic (exact) mass is 261 g/mol. The molecule has 0 spiro atoms. The third kappa shape index (κ3) is 3.53. The van der Waals surface area contributed by atoms with Crippen molar-refractivity contribution in [2.45, 2.75) is 27.2 Å². The van der Waals surface area contributed by atoms with Gasteiger partial charge in [0, 0.05) is 18.1 Å². The maximum Gasteiger partial charge on any atom is 0.183 e. The van der Waals surface area contributed by atoms with Gasteiger partial charge in [-0.25, -0.2) is 4.98 Å². The first-order chi connectivity index (χ1) is 8.65. The van der Waals surface area contributed by atoms with Crippen molar-refractivity contribution in [3.8, 4) is 11.4 Å². The number of nitrogens with one attached hydrogen (secondary N) is 1. The van der Waals surface area contributed by atoms with E-state index in [0.717, 1.165) is 35.4 Å². The summed E-state index contributed by atoms with van der Waals surface area (Å²) in [6.45, 7) is 7.50. The fourth-order valence-electron chi connectivity index (χ4n) is 1.62. The highest BCUT2D eigenvalue weighted by Gasteiger charge is 2.05. The Bertz CT molecular complexity index is 505. The molecule has 0 unspecified atom stereocenters. The molecule has 4 heteroatoms. The highest BCUT2D eigenvalue weighted by atomic mass is 32.1. The number of hydrogen-bond donors (Lipinski definition) is 1. The average Bonchev–Trinajstić information content (AvgIpc) is 2.77. The van der Waals surface area contributed by atoms with Crippen LogP contribution >= 0.6 is 11.3 Å². The molecule has 3 nitrogen and oxygen atoms in total. The van der Waals surface area contributed by atoms with Crippen LogP contribution < -0.4 is 5.32 Å². The van der Waals surface area contributed by atoms with Gasteiger partial charge in [0.05, 0.1) is 5.69 Å². The Morgan fingerprint density at radius 3 is 2.89 bits per heavy atom. The number of pyridine rings is 1. The molecule has 0 fully saturated rings. The molecule has 0 aliphatic rings. The molecule has 0 radical (unpaired) electrons. The largest absolute Gasteiger partial charge is 0.361 e. The van der Waals surface area contributed by atoms with Gasteiger partial charge in [-0.05, 0) is 37.0 Å². The van der Waals surface area contributed by atoms with Crippen LogP contribution in [0.1, 0.15) is 25.8 Å². The van der Waals surface area contributed by atoms with E-state index in [9.17, 15) is 0 Å². The molecule has 0 amide bonds. The second-order valence-electron chi connectivity index (χ2n) is 4.87. The lowest BCUT2D eigenvalue weighted by atomic mass is 10.1. The van der Waals surface area contributed by atoms with Gasteiger partial charge in [0.1, 0.15) is 5.69 Å². The molecule has 2 aromatic heterocycles. The van der Waals surface area contributed by atoms with Gasteiger partial charge < -0.3 is 5.32 Å². The average molecular weight is 261 g/mol. The Kier molecular flexibility index (Phi) is 4.31. The van der Waals surface area contributed by atoms with Gasteiger partial charge in [0.2, 0.25) is 0 Å². The van der Waals surface area contributed by atoms with Gasteiger partial charge in [0.25, 0.3) is 0 Å². The van der Waals surface area contributed by atoms with Crippen LogP contribution in [0.15, 0.2) is 23.7 Å². The molecular formula is C14H19N3S. The normalized spacial score (nSPS) is 10.9. The Labute approximate surface area is 112 Å². The number of thiazole rings is 1. The van der Waals surface area contributed by atoms with E-state index in [-0.39, 0.29) is 0 Å². The van der Waals surface area contributed by atoms with Gasteiger partial charge in [-0.1, -0.05) is 13.8 Å². The predicted octanol–water partition coefficient (Wildman–Crippen LogP) is 3.97. The van der Waals surface area contributed by atoms with Crippen LogP contribution in [0.5, 0.6) is 0 Å². The van der Waals surface area contributed by atoms with E-state index in [1.165, 1.54) is 5.56 Å². The molecule has 1 N–H and O–H groups in total. The van der Waals surface area contributed by atoms with Gasteiger partial charge in [-0.15, -0.1) is 11.3 Å². The van der Waals surface area contributed by atoms with Crippen molar-refractivity contribution in [1.82, 2.24) is 9.97 Å². The van der Waals surface area contributed by atoms with Gasteiger partial charge >= 0.3 is 0 Å². The highest BCUT2D eigenvalue weighted by molar-refractivity contribution is 7.14. The Morgan fingerprint density at radius 1 is 1.33 bits per heavy atom. The molecule has 96 valence electrons. The molecule has 0 aromatic carbocycles. The third-order valence-corrected chi connectivity index (χ3v) is 3.48. The fraction of sp³-hybridized carbons (Fsp3) is 0.429. The number of rotatable bonds is 5.